The maximum Gasteiger partial charge on any atom is 0.315 e. The van der Waals surface area contributed by atoms with E-state index >= 15 is 0 Å². The van der Waals surface area contributed by atoms with Gasteiger partial charge >= 0.3 is 5.97 Å². The van der Waals surface area contributed by atoms with Crippen LogP contribution in [0.2, 0.25) is 5.02 Å². The summed E-state index contributed by atoms with van der Waals surface area (Å²) >= 11 is 5.89. The number of halogens is 2. The van der Waals surface area contributed by atoms with Crippen molar-refractivity contribution in [2.24, 2.45) is 0 Å². The van der Waals surface area contributed by atoms with Crippen molar-refractivity contribution < 1.29 is 23.1 Å². The van der Waals surface area contributed by atoms with Crippen LogP contribution in [0.15, 0.2) is 65.3 Å². The number of hydrogen-bond donors (Lipinski definition) is 1. The van der Waals surface area contributed by atoms with Gasteiger partial charge in [0.15, 0.2) is 5.76 Å². The lowest BCUT2D eigenvalue weighted by Crippen LogP contribution is -2.13. The van der Waals surface area contributed by atoms with Crippen molar-refractivity contribution in [2.45, 2.75) is 6.42 Å². The largest absolute Gasteiger partial charge is 0.459 e. The van der Waals surface area contributed by atoms with Crippen LogP contribution in [0.3, 0.4) is 0 Å². The number of ether oxygens (including phenoxy) is 1. The number of furan rings is 1. The normalized spacial score (nSPS) is 10.4. The van der Waals surface area contributed by atoms with Gasteiger partial charge in [0.1, 0.15) is 11.6 Å². The highest BCUT2D eigenvalue weighted by Gasteiger charge is 2.14. The third-order valence-electron chi connectivity index (χ3n) is 3.47. The molecule has 0 spiro atoms. The first-order chi connectivity index (χ1) is 12.5. The molecule has 0 radical (unpaired) electrons. The van der Waals surface area contributed by atoms with E-state index in [0.29, 0.717) is 5.69 Å². The van der Waals surface area contributed by atoms with Gasteiger partial charge in [-0.05, 0) is 48.5 Å². The van der Waals surface area contributed by atoms with Crippen LogP contribution in [0.5, 0.6) is 5.75 Å². The Balaban J connectivity index is 1.60. The van der Waals surface area contributed by atoms with E-state index in [2.05, 4.69) is 5.32 Å². The predicted molar refractivity (Wildman–Crippen MR) is 93.9 cm³/mol. The third-order valence-corrected chi connectivity index (χ3v) is 3.83. The van der Waals surface area contributed by atoms with Crippen LogP contribution in [0.4, 0.5) is 10.1 Å². The van der Waals surface area contributed by atoms with Crippen molar-refractivity contribution in [1.82, 2.24) is 0 Å². The molecule has 1 aromatic heterocycles. The SMILES string of the molecule is O=C(Cc1c(F)cccc1Cl)Oc1ccc(NC(=O)c2ccco2)cc1. The topological polar surface area (TPSA) is 68.5 Å². The summed E-state index contributed by atoms with van der Waals surface area (Å²) in [5.74, 6) is -1.16. The molecule has 0 saturated heterocycles. The second-order valence-corrected chi connectivity index (χ2v) is 5.71. The Kier molecular flexibility index (Phi) is 5.34. The van der Waals surface area contributed by atoms with Gasteiger partial charge in [0.25, 0.3) is 5.91 Å². The number of esters is 1. The second-order valence-electron chi connectivity index (χ2n) is 5.31. The lowest BCUT2D eigenvalue weighted by Gasteiger charge is -2.08. The molecule has 0 saturated carbocycles. The Morgan fingerprint density at radius 3 is 2.50 bits per heavy atom. The molecule has 0 aliphatic rings. The van der Waals surface area contributed by atoms with Gasteiger partial charge in [0.05, 0.1) is 12.7 Å². The van der Waals surface area contributed by atoms with Crippen molar-refractivity contribution in [3.63, 3.8) is 0 Å². The van der Waals surface area contributed by atoms with Gasteiger partial charge in [-0.2, -0.15) is 0 Å². The first-order valence-corrected chi connectivity index (χ1v) is 7.99. The maximum absolute atomic E-state index is 13.7. The molecule has 26 heavy (non-hydrogen) atoms. The van der Waals surface area contributed by atoms with Crippen LogP contribution in [0.1, 0.15) is 16.1 Å². The van der Waals surface area contributed by atoms with E-state index in [-0.39, 0.29) is 28.5 Å². The van der Waals surface area contributed by atoms with Crippen LogP contribution >= 0.6 is 11.6 Å². The summed E-state index contributed by atoms with van der Waals surface area (Å²) in [6.07, 6.45) is 1.11. The minimum Gasteiger partial charge on any atom is -0.459 e. The van der Waals surface area contributed by atoms with Gasteiger partial charge in [-0.25, -0.2) is 4.39 Å². The zero-order valence-electron chi connectivity index (χ0n) is 13.4. The van der Waals surface area contributed by atoms with E-state index < -0.39 is 17.7 Å². The highest BCUT2D eigenvalue weighted by Crippen LogP contribution is 2.21. The molecule has 0 unspecified atom stereocenters. The maximum atomic E-state index is 13.7. The number of benzene rings is 2. The molecule has 0 aliphatic carbocycles. The van der Waals surface area contributed by atoms with E-state index in [4.69, 9.17) is 20.8 Å². The van der Waals surface area contributed by atoms with Crippen molar-refractivity contribution >= 4 is 29.2 Å². The van der Waals surface area contributed by atoms with Gasteiger partial charge in [-0.1, -0.05) is 17.7 Å². The Morgan fingerprint density at radius 2 is 1.85 bits per heavy atom. The van der Waals surface area contributed by atoms with Crippen molar-refractivity contribution in [1.29, 1.82) is 0 Å². The summed E-state index contributed by atoms with van der Waals surface area (Å²) in [5.41, 5.74) is 0.588. The van der Waals surface area contributed by atoms with Gasteiger partial charge < -0.3 is 14.5 Å². The van der Waals surface area contributed by atoms with Gasteiger partial charge in [-0.3, -0.25) is 9.59 Å². The minimum absolute atomic E-state index is 0.0847. The average Bonchev–Trinajstić information content (AvgIpc) is 3.15. The lowest BCUT2D eigenvalue weighted by atomic mass is 10.1. The number of rotatable bonds is 5. The number of anilines is 1. The van der Waals surface area contributed by atoms with E-state index in [0.717, 1.165) is 0 Å². The quantitative estimate of drug-likeness (QED) is 0.529. The Bertz CT molecular complexity index is 903. The van der Waals surface area contributed by atoms with Gasteiger partial charge in [0, 0.05) is 16.3 Å². The molecule has 3 rings (SSSR count). The Labute approximate surface area is 153 Å². The first-order valence-electron chi connectivity index (χ1n) is 7.61. The fourth-order valence-corrected chi connectivity index (χ4v) is 2.45. The summed E-state index contributed by atoms with van der Waals surface area (Å²) in [4.78, 5) is 23.8. The number of carbonyl (C=O) groups excluding carboxylic acids is 2. The van der Waals surface area contributed by atoms with E-state index in [9.17, 15) is 14.0 Å². The van der Waals surface area contributed by atoms with Crippen LogP contribution < -0.4 is 10.1 Å². The second kappa shape index (κ2) is 7.84. The summed E-state index contributed by atoms with van der Waals surface area (Å²) in [6.45, 7) is 0. The zero-order chi connectivity index (χ0) is 18.5. The highest BCUT2D eigenvalue weighted by molar-refractivity contribution is 6.31. The van der Waals surface area contributed by atoms with Crippen LogP contribution in [0.25, 0.3) is 0 Å². The Hall–Kier alpha value is -3.12. The Morgan fingerprint density at radius 1 is 1.08 bits per heavy atom. The molecule has 2 aromatic carbocycles. The molecule has 1 amide bonds. The number of amides is 1. The molecule has 5 nitrogen and oxygen atoms in total. The number of hydrogen-bond acceptors (Lipinski definition) is 4. The molecule has 132 valence electrons. The summed E-state index contributed by atoms with van der Waals surface area (Å²) in [5, 5.41) is 2.80. The molecule has 1 heterocycles. The van der Waals surface area contributed by atoms with Gasteiger partial charge in [0.2, 0.25) is 0 Å². The van der Waals surface area contributed by atoms with Gasteiger partial charge in [-0.15, -0.1) is 0 Å². The van der Waals surface area contributed by atoms with E-state index in [1.165, 1.54) is 36.6 Å². The molecule has 0 bridgehead atoms. The smallest absolute Gasteiger partial charge is 0.315 e. The fourth-order valence-electron chi connectivity index (χ4n) is 2.22. The summed E-state index contributed by atoms with van der Waals surface area (Å²) in [7, 11) is 0. The first kappa shape index (κ1) is 17.7. The summed E-state index contributed by atoms with van der Waals surface area (Å²) in [6, 6.07) is 13.5. The number of nitrogens with one attached hydrogen (secondary N) is 1. The van der Waals surface area contributed by atoms with Crippen LogP contribution in [0, 0.1) is 5.82 Å². The summed E-state index contributed by atoms with van der Waals surface area (Å²) < 4.78 is 23.9. The molecular weight excluding hydrogens is 361 g/mol. The van der Waals surface area contributed by atoms with Crippen molar-refractivity contribution in [3.05, 3.63) is 83.0 Å². The molecule has 3 aromatic rings. The molecule has 0 fully saturated rings. The molecule has 0 aliphatic heterocycles. The number of carbonyl (C=O) groups is 2. The molecule has 7 heteroatoms. The molecule has 0 atom stereocenters. The fraction of sp³-hybridized carbons (Fsp3) is 0.0526. The predicted octanol–water partition coefficient (Wildman–Crippen LogP) is 4.47. The van der Waals surface area contributed by atoms with Crippen molar-refractivity contribution in [2.75, 3.05) is 5.32 Å². The van der Waals surface area contributed by atoms with Crippen molar-refractivity contribution in [3.8, 4) is 5.75 Å². The monoisotopic (exact) mass is 373 g/mol. The zero-order valence-corrected chi connectivity index (χ0v) is 14.1. The molecular formula is C19H13ClFNO4. The van der Waals surface area contributed by atoms with E-state index in [1.54, 1.807) is 24.3 Å². The standard InChI is InChI=1S/C19H13ClFNO4/c20-15-3-1-4-16(21)14(15)11-18(23)26-13-8-6-12(7-9-13)22-19(24)17-5-2-10-25-17/h1-10H,11H2,(H,22,24). The lowest BCUT2D eigenvalue weighted by molar-refractivity contribution is -0.133. The van der Waals surface area contributed by atoms with Crippen LogP contribution in [-0.2, 0) is 11.2 Å². The minimum atomic E-state index is -0.649. The molecule has 1 N–H and O–H groups in total. The van der Waals surface area contributed by atoms with E-state index in [1.807, 2.05) is 0 Å². The third kappa shape index (κ3) is 4.29. The average molecular weight is 374 g/mol. The van der Waals surface area contributed by atoms with Crippen LogP contribution in [-0.4, -0.2) is 11.9 Å². The highest BCUT2D eigenvalue weighted by atomic mass is 35.5.